The summed E-state index contributed by atoms with van der Waals surface area (Å²) >= 11 is 0. The van der Waals surface area contributed by atoms with E-state index in [9.17, 15) is 0 Å². The molecular formula is C12H19NO3. The van der Waals surface area contributed by atoms with Gasteiger partial charge in [0.2, 0.25) is 0 Å². The van der Waals surface area contributed by atoms with Crippen molar-refractivity contribution in [2.45, 2.75) is 19.6 Å². The monoisotopic (exact) mass is 225 g/mol. The molecule has 0 fully saturated rings. The Hall–Kier alpha value is -1.10. The fourth-order valence-electron chi connectivity index (χ4n) is 1.53. The predicted octanol–water partition coefficient (Wildman–Crippen LogP) is 1.22. The van der Waals surface area contributed by atoms with E-state index in [1.165, 1.54) is 0 Å². The van der Waals surface area contributed by atoms with E-state index in [1.54, 1.807) is 7.11 Å². The summed E-state index contributed by atoms with van der Waals surface area (Å²) < 4.78 is 10.5. The number of ether oxygens (including phenoxy) is 2. The Morgan fingerprint density at radius 1 is 1.44 bits per heavy atom. The molecule has 90 valence electrons. The molecule has 3 N–H and O–H groups in total. The molecule has 0 saturated carbocycles. The molecule has 0 aliphatic rings. The summed E-state index contributed by atoms with van der Waals surface area (Å²) in [6.45, 7) is 2.92. The smallest absolute Gasteiger partial charge is 0.124 e. The van der Waals surface area contributed by atoms with Crippen LogP contribution in [0, 0.1) is 0 Å². The standard InChI is InChI=1S/C12H19NO3/c1-3-16-12-5-4-9(8-15-2)6-10(12)11(13)7-14/h4-6,11,14H,3,7-8,13H2,1-2H3/t11-/m0/s1. The van der Waals surface area contributed by atoms with E-state index >= 15 is 0 Å². The molecule has 0 radical (unpaired) electrons. The summed E-state index contributed by atoms with van der Waals surface area (Å²) in [5, 5.41) is 9.09. The van der Waals surface area contributed by atoms with Gasteiger partial charge in [0.05, 0.1) is 25.9 Å². The van der Waals surface area contributed by atoms with Crippen LogP contribution in [0.15, 0.2) is 18.2 Å². The minimum absolute atomic E-state index is 0.101. The van der Waals surface area contributed by atoms with E-state index in [4.69, 9.17) is 20.3 Å². The van der Waals surface area contributed by atoms with Crippen LogP contribution in [0.3, 0.4) is 0 Å². The van der Waals surface area contributed by atoms with Crippen molar-refractivity contribution < 1.29 is 14.6 Å². The van der Waals surface area contributed by atoms with Crippen LogP contribution < -0.4 is 10.5 Å². The number of aliphatic hydroxyl groups is 1. The zero-order valence-electron chi connectivity index (χ0n) is 9.77. The zero-order chi connectivity index (χ0) is 12.0. The number of methoxy groups -OCH3 is 1. The quantitative estimate of drug-likeness (QED) is 0.764. The average molecular weight is 225 g/mol. The number of rotatable bonds is 6. The van der Waals surface area contributed by atoms with Gasteiger partial charge in [-0.05, 0) is 24.6 Å². The Bertz CT molecular complexity index is 328. The molecule has 16 heavy (non-hydrogen) atoms. The number of hydrogen-bond donors (Lipinski definition) is 2. The van der Waals surface area contributed by atoms with E-state index in [1.807, 2.05) is 25.1 Å². The zero-order valence-corrected chi connectivity index (χ0v) is 9.77. The van der Waals surface area contributed by atoms with Gasteiger partial charge in [-0.2, -0.15) is 0 Å². The normalized spacial score (nSPS) is 12.5. The maximum Gasteiger partial charge on any atom is 0.124 e. The van der Waals surface area contributed by atoms with Gasteiger partial charge in [-0.15, -0.1) is 0 Å². The van der Waals surface area contributed by atoms with Gasteiger partial charge in [0, 0.05) is 12.7 Å². The van der Waals surface area contributed by atoms with Crippen LogP contribution in [0.1, 0.15) is 24.1 Å². The van der Waals surface area contributed by atoms with Crippen LogP contribution >= 0.6 is 0 Å². The van der Waals surface area contributed by atoms with Gasteiger partial charge in [-0.3, -0.25) is 0 Å². The maximum absolute atomic E-state index is 9.09. The molecular weight excluding hydrogens is 206 g/mol. The van der Waals surface area contributed by atoms with Crippen LogP contribution in [0.25, 0.3) is 0 Å². The lowest BCUT2D eigenvalue weighted by atomic mass is 10.0. The van der Waals surface area contributed by atoms with Crippen LogP contribution in [-0.4, -0.2) is 25.4 Å². The summed E-state index contributed by atoms with van der Waals surface area (Å²) in [5.74, 6) is 0.726. The van der Waals surface area contributed by atoms with E-state index in [-0.39, 0.29) is 6.61 Å². The molecule has 4 nitrogen and oxygen atoms in total. The Morgan fingerprint density at radius 3 is 2.75 bits per heavy atom. The fraction of sp³-hybridized carbons (Fsp3) is 0.500. The molecule has 1 atom stereocenters. The van der Waals surface area contributed by atoms with Crippen molar-refractivity contribution in [1.29, 1.82) is 0 Å². The van der Waals surface area contributed by atoms with Crippen molar-refractivity contribution in [2.75, 3.05) is 20.3 Å². The molecule has 1 aromatic rings. The molecule has 0 aliphatic heterocycles. The molecule has 0 spiro atoms. The van der Waals surface area contributed by atoms with Crippen molar-refractivity contribution in [1.82, 2.24) is 0 Å². The first kappa shape index (κ1) is 13.0. The Morgan fingerprint density at radius 2 is 2.19 bits per heavy atom. The third-order valence-electron chi connectivity index (χ3n) is 2.28. The Kier molecular flexibility index (Phi) is 5.25. The number of hydrogen-bond acceptors (Lipinski definition) is 4. The summed E-state index contributed by atoms with van der Waals surface area (Å²) in [5.41, 5.74) is 7.66. The minimum Gasteiger partial charge on any atom is -0.494 e. The molecule has 1 rings (SSSR count). The average Bonchev–Trinajstić information content (AvgIpc) is 2.31. The van der Waals surface area contributed by atoms with Gasteiger partial charge in [0.25, 0.3) is 0 Å². The fourth-order valence-corrected chi connectivity index (χ4v) is 1.53. The van der Waals surface area contributed by atoms with E-state index in [2.05, 4.69) is 0 Å². The van der Waals surface area contributed by atoms with Gasteiger partial charge in [0.15, 0.2) is 0 Å². The molecule has 0 amide bonds. The largest absolute Gasteiger partial charge is 0.494 e. The summed E-state index contributed by atoms with van der Waals surface area (Å²) in [6.07, 6.45) is 0. The Labute approximate surface area is 96.0 Å². The van der Waals surface area contributed by atoms with E-state index < -0.39 is 6.04 Å². The van der Waals surface area contributed by atoms with E-state index in [0.29, 0.717) is 13.2 Å². The van der Waals surface area contributed by atoms with Crippen LogP contribution in [-0.2, 0) is 11.3 Å². The highest BCUT2D eigenvalue weighted by Gasteiger charge is 2.12. The number of benzene rings is 1. The molecule has 0 bridgehead atoms. The third kappa shape index (κ3) is 3.20. The molecule has 0 aliphatic carbocycles. The van der Waals surface area contributed by atoms with Crippen molar-refractivity contribution in [3.8, 4) is 5.75 Å². The van der Waals surface area contributed by atoms with Gasteiger partial charge < -0.3 is 20.3 Å². The summed E-state index contributed by atoms with van der Waals surface area (Å²) in [4.78, 5) is 0. The lowest BCUT2D eigenvalue weighted by Gasteiger charge is -2.16. The first-order valence-corrected chi connectivity index (χ1v) is 5.33. The molecule has 4 heteroatoms. The Balaban J connectivity index is 3.00. The van der Waals surface area contributed by atoms with Gasteiger partial charge in [0.1, 0.15) is 5.75 Å². The van der Waals surface area contributed by atoms with Gasteiger partial charge >= 0.3 is 0 Å². The van der Waals surface area contributed by atoms with Gasteiger partial charge in [-0.25, -0.2) is 0 Å². The number of nitrogens with two attached hydrogens (primary N) is 1. The number of aliphatic hydroxyl groups excluding tert-OH is 1. The molecule has 1 aromatic carbocycles. The topological polar surface area (TPSA) is 64.7 Å². The second-order valence-electron chi connectivity index (χ2n) is 3.53. The third-order valence-corrected chi connectivity index (χ3v) is 2.28. The molecule has 0 aromatic heterocycles. The highest BCUT2D eigenvalue weighted by molar-refractivity contribution is 5.39. The SMILES string of the molecule is CCOc1ccc(COC)cc1[C@@H](N)CO. The van der Waals surface area contributed by atoms with Crippen LogP contribution in [0.5, 0.6) is 5.75 Å². The van der Waals surface area contributed by atoms with Crippen molar-refractivity contribution in [3.05, 3.63) is 29.3 Å². The second kappa shape index (κ2) is 6.48. The molecule has 0 heterocycles. The summed E-state index contributed by atoms with van der Waals surface area (Å²) in [6, 6.07) is 5.29. The predicted molar refractivity (Wildman–Crippen MR) is 62.3 cm³/mol. The maximum atomic E-state index is 9.09. The minimum atomic E-state index is -0.418. The highest BCUT2D eigenvalue weighted by Crippen LogP contribution is 2.25. The van der Waals surface area contributed by atoms with Crippen molar-refractivity contribution in [2.24, 2.45) is 5.73 Å². The van der Waals surface area contributed by atoms with Crippen LogP contribution in [0.2, 0.25) is 0 Å². The lowest BCUT2D eigenvalue weighted by molar-refractivity contribution is 0.184. The first-order valence-electron chi connectivity index (χ1n) is 5.33. The van der Waals surface area contributed by atoms with Crippen molar-refractivity contribution in [3.63, 3.8) is 0 Å². The lowest BCUT2D eigenvalue weighted by Crippen LogP contribution is -2.16. The molecule has 0 saturated heterocycles. The van der Waals surface area contributed by atoms with E-state index in [0.717, 1.165) is 16.9 Å². The summed E-state index contributed by atoms with van der Waals surface area (Å²) in [7, 11) is 1.64. The van der Waals surface area contributed by atoms with Crippen molar-refractivity contribution >= 4 is 0 Å². The van der Waals surface area contributed by atoms with Gasteiger partial charge in [-0.1, -0.05) is 6.07 Å². The highest BCUT2D eigenvalue weighted by atomic mass is 16.5. The first-order chi connectivity index (χ1) is 7.72. The second-order valence-corrected chi connectivity index (χ2v) is 3.53. The van der Waals surface area contributed by atoms with Crippen LogP contribution in [0.4, 0.5) is 0 Å². The molecule has 0 unspecified atom stereocenters.